The highest BCUT2D eigenvalue weighted by atomic mass is 19.4. The summed E-state index contributed by atoms with van der Waals surface area (Å²) in [6.07, 6.45) is 0.634. The number of rotatable bonds is 3. The van der Waals surface area contributed by atoms with Gasteiger partial charge in [-0.3, -0.25) is 19.4 Å². The summed E-state index contributed by atoms with van der Waals surface area (Å²) in [6.45, 7) is -1.26. The first-order valence-corrected chi connectivity index (χ1v) is 7.27. The average molecular weight is 345 g/mol. The van der Waals surface area contributed by atoms with E-state index in [2.05, 4.69) is 20.1 Å². The van der Waals surface area contributed by atoms with Gasteiger partial charge in [-0.25, -0.2) is 0 Å². The number of H-pyrrole nitrogens is 1. The van der Waals surface area contributed by atoms with Crippen molar-refractivity contribution in [3.63, 3.8) is 0 Å². The molecular formula is C16H10F3N5O. The van der Waals surface area contributed by atoms with Crippen molar-refractivity contribution in [2.45, 2.75) is 12.7 Å². The number of nitrogens with one attached hydrogen (secondary N) is 1. The maximum absolute atomic E-state index is 12.9. The van der Waals surface area contributed by atoms with Crippen LogP contribution in [0.1, 0.15) is 10.5 Å². The minimum absolute atomic E-state index is 0.0411. The maximum Gasteiger partial charge on any atom is 0.408 e. The molecule has 0 bridgehead atoms. The highest BCUT2D eigenvalue weighted by Gasteiger charge is 2.30. The second-order valence-corrected chi connectivity index (χ2v) is 5.47. The Morgan fingerprint density at radius 3 is 2.88 bits per heavy atom. The number of halogens is 3. The molecule has 0 aliphatic carbocycles. The Bertz CT molecular complexity index is 1100. The molecule has 0 atom stereocenters. The molecule has 126 valence electrons. The molecule has 0 aliphatic heterocycles. The minimum atomic E-state index is -4.45. The van der Waals surface area contributed by atoms with E-state index in [-0.39, 0.29) is 11.2 Å². The zero-order valence-corrected chi connectivity index (χ0v) is 12.6. The van der Waals surface area contributed by atoms with E-state index in [0.29, 0.717) is 28.4 Å². The number of carbonyl (C=O) groups excluding carboxylic acids is 1. The van der Waals surface area contributed by atoms with Crippen molar-refractivity contribution in [2.24, 2.45) is 0 Å². The summed E-state index contributed by atoms with van der Waals surface area (Å²) in [7, 11) is 0. The lowest BCUT2D eigenvalue weighted by molar-refractivity contribution is -0.141. The van der Waals surface area contributed by atoms with Crippen LogP contribution in [0, 0.1) is 0 Å². The van der Waals surface area contributed by atoms with Gasteiger partial charge in [0.25, 0.3) is 0 Å². The molecule has 0 amide bonds. The topological polar surface area (TPSA) is 76.5 Å². The van der Waals surface area contributed by atoms with Gasteiger partial charge in [0.2, 0.25) is 0 Å². The van der Waals surface area contributed by atoms with Gasteiger partial charge in [-0.05, 0) is 18.2 Å². The molecule has 0 unspecified atom stereocenters. The Kier molecular flexibility index (Phi) is 3.31. The SMILES string of the molecule is O=Cc1cc2c(cn1)c(-c1c[nH]c3cccnc13)nn2CC(F)(F)F. The molecular weight excluding hydrogens is 335 g/mol. The molecule has 0 radical (unpaired) electrons. The first kappa shape index (κ1) is 15.3. The molecule has 0 saturated heterocycles. The van der Waals surface area contributed by atoms with E-state index in [9.17, 15) is 18.0 Å². The first-order valence-electron chi connectivity index (χ1n) is 7.27. The number of carbonyl (C=O) groups is 1. The highest BCUT2D eigenvalue weighted by molar-refractivity contribution is 6.01. The van der Waals surface area contributed by atoms with Gasteiger partial charge in [0.1, 0.15) is 17.9 Å². The fourth-order valence-electron chi connectivity index (χ4n) is 2.77. The summed E-state index contributed by atoms with van der Waals surface area (Å²) in [5.41, 5.74) is 2.47. The summed E-state index contributed by atoms with van der Waals surface area (Å²) >= 11 is 0. The van der Waals surface area contributed by atoms with Crippen LogP contribution in [-0.2, 0) is 6.54 Å². The van der Waals surface area contributed by atoms with Gasteiger partial charge >= 0.3 is 6.18 Å². The van der Waals surface area contributed by atoms with Crippen LogP contribution in [0.5, 0.6) is 0 Å². The molecule has 25 heavy (non-hydrogen) atoms. The van der Waals surface area contributed by atoms with E-state index in [1.54, 1.807) is 18.5 Å². The summed E-state index contributed by atoms with van der Waals surface area (Å²) in [6, 6.07) is 4.86. The largest absolute Gasteiger partial charge is 0.408 e. The van der Waals surface area contributed by atoms with Crippen LogP contribution >= 0.6 is 0 Å². The summed E-state index contributed by atoms with van der Waals surface area (Å²) in [4.78, 5) is 22.2. The Morgan fingerprint density at radius 2 is 2.12 bits per heavy atom. The fraction of sp³-hybridized carbons (Fsp3) is 0.125. The van der Waals surface area contributed by atoms with Gasteiger partial charge < -0.3 is 4.98 Å². The Labute approximate surface area is 138 Å². The zero-order valence-electron chi connectivity index (χ0n) is 12.6. The number of pyridine rings is 2. The predicted molar refractivity (Wildman–Crippen MR) is 84.1 cm³/mol. The molecule has 1 N–H and O–H groups in total. The lowest BCUT2D eigenvalue weighted by Crippen LogP contribution is -2.18. The maximum atomic E-state index is 12.9. The monoisotopic (exact) mass is 345 g/mol. The lowest BCUT2D eigenvalue weighted by Gasteiger charge is -2.07. The molecule has 0 spiro atoms. The van der Waals surface area contributed by atoms with Crippen LogP contribution in [-0.4, -0.2) is 37.2 Å². The normalized spacial score (nSPS) is 12.1. The molecule has 0 saturated carbocycles. The van der Waals surface area contributed by atoms with Crippen LogP contribution in [0.15, 0.2) is 36.8 Å². The van der Waals surface area contributed by atoms with Crippen molar-refractivity contribution in [1.82, 2.24) is 24.7 Å². The van der Waals surface area contributed by atoms with E-state index >= 15 is 0 Å². The Morgan fingerprint density at radius 1 is 1.28 bits per heavy atom. The fourth-order valence-corrected chi connectivity index (χ4v) is 2.77. The molecule has 6 nitrogen and oxygen atoms in total. The number of aldehydes is 1. The van der Waals surface area contributed by atoms with E-state index in [1.807, 2.05) is 6.07 Å². The van der Waals surface area contributed by atoms with E-state index in [4.69, 9.17) is 0 Å². The van der Waals surface area contributed by atoms with Crippen molar-refractivity contribution in [3.05, 3.63) is 42.5 Å². The van der Waals surface area contributed by atoms with Crippen molar-refractivity contribution in [1.29, 1.82) is 0 Å². The molecule has 0 aliphatic rings. The molecule has 0 fully saturated rings. The summed E-state index contributed by atoms with van der Waals surface area (Å²) in [5, 5.41) is 4.54. The number of aromatic nitrogens is 5. The third kappa shape index (κ3) is 2.63. The Hall–Kier alpha value is -3.23. The summed E-state index contributed by atoms with van der Waals surface area (Å²) in [5.74, 6) is 0. The van der Waals surface area contributed by atoms with Crippen molar-refractivity contribution in [3.8, 4) is 11.3 Å². The molecule has 4 rings (SSSR count). The standard InChI is InChI=1S/C16H10F3N5O/c17-16(18,19)8-24-13-4-9(7-25)21-5-10(13)14(23-24)11-6-22-12-2-1-3-20-15(11)12/h1-7,22H,8H2. The van der Waals surface area contributed by atoms with E-state index in [1.165, 1.54) is 12.3 Å². The van der Waals surface area contributed by atoms with E-state index in [0.717, 1.165) is 10.2 Å². The van der Waals surface area contributed by atoms with Gasteiger partial charge in [0.15, 0.2) is 6.29 Å². The molecule has 4 heterocycles. The third-order valence-corrected chi connectivity index (χ3v) is 3.80. The van der Waals surface area contributed by atoms with Crippen LogP contribution in [0.4, 0.5) is 13.2 Å². The van der Waals surface area contributed by atoms with E-state index < -0.39 is 12.7 Å². The van der Waals surface area contributed by atoms with Crippen LogP contribution in [0.3, 0.4) is 0 Å². The second kappa shape index (κ2) is 5.40. The van der Waals surface area contributed by atoms with Gasteiger partial charge in [-0.1, -0.05) is 0 Å². The third-order valence-electron chi connectivity index (χ3n) is 3.80. The van der Waals surface area contributed by atoms with Crippen LogP contribution in [0.2, 0.25) is 0 Å². The quantitative estimate of drug-likeness (QED) is 0.578. The smallest absolute Gasteiger partial charge is 0.359 e. The minimum Gasteiger partial charge on any atom is -0.359 e. The van der Waals surface area contributed by atoms with Crippen LogP contribution in [0.25, 0.3) is 33.2 Å². The average Bonchev–Trinajstić information content (AvgIpc) is 3.14. The number of hydrogen-bond donors (Lipinski definition) is 1. The van der Waals surface area contributed by atoms with Crippen molar-refractivity contribution in [2.75, 3.05) is 0 Å². The number of fused-ring (bicyclic) bond motifs is 2. The molecule has 4 aromatic rings. The van der Waals surface area contributed by atoms with Gasteiger partial charge in [-0.2, -0.15) is 18.3 Å². The summed E-state index contributed by atoms with van der Waals surface area (Å²) < 4.78 is 39.5. The number of nitrogens with zero attached hydrogens (tertiary/aromatic N) is 4. The van der Waals surface area contributed by atoms with Gasteiger partial charge in [0.05, 0.1) is 16.6 Å². The number of aromatic amines is 1. The molecule has 0 aromatic carbocycles. The first-order chi connectivity index (χ1) is 12.0. The van der Waals surface area contributed by atoms with Gasteiger partial charge in [0, 0.05) is 29.5 Å². The lowest BCUT2D eigenvalue weighted by atomic mass is 10.1. The highest BCUT2D eigenvalue weighted by Crippen LogP contribution is 2.33. The molecule has 4 aromatic heterocycles. The zero-order chi connectivity index (χ0) is 17.6. The van der Waals surface area contributed by atoms with Gasteiger partial charge in [-0.15, -0.1) is 0 Å². The second-order valence-electron chi connectivity index (χ2n) is 5.47. The van der Waals surface area contributed by atoms with Crippen LogP contribution < -0.4 is 0 Å². The number of hydrogen-bond acceptors (Lipinski definition) is 4. The van der Waals surface area contributed by atoms with Crippen molar-refractivity contribution < 1.29 is 18.0 Å². The number of alkyl halides is 3. The van der Waals surface area contributed by atoms with Crippen molar-refractivity contribution >= 4 is 28.2 Å². The predicted octanol–water partition coefficient (Wildman–Crippen LogP) is 3.35. The Balaban J connectivity index is 1.99. The molecule has 9 heteroatoms.